The van der Waals surface area contributed by atoms with Crippen molar-refractivity contribution in [3.8, 4) is 6.07 Å². The number of hydrogen-bond acceptors (Lipinski definition) is 3. The van der Waals surface area contributed by atoms with E-state index >= 15 is 0 Å². The van der Waals surface area contributed by atoms with Crippen molar-refractivity contribution in [2.45, 2.75) is 0 Å². The highest BCUT2D eigenvalue weighted by molar-refractivity contribution is 9.10. The van der Waals surface area contributed by atoms with Crippen LogP contribution in [0.1, 0.15) is 16.2 Å². The molecule has 0 aliphatic heterocycles. The molecular formula is C7H4BrClN2O2. The molecule has 0 atom stereocenters. The van der Waals surface area contributed by atoms with Gasteiger partial charge in [0.1, 0.15) is 11.8 Å². The number of pyridine rings is 1. The van der Waals surface area contributed by atoms with E-state index in [1.165, 1.54) is 12.1 Å². The van der Waals surface area contributed by atoms with Gasteiger partial charge >= 0.3 is 5.97 Å². The van der Waals surface area contributed by atoms with Gasteiger partial charge < -0.3 is 5.11 Å². The van der Waals surface area contributed by atoms with E-state index < -0.39 is 5.97 Å². The largest absolute Gasteiger partial charge is 0.477 e. The minimum atomic E-state index is -1.14. The Kier molecular flexibility index (Phi) is 4.38. The van der Waals surface area contributed by atoms with E-state index in [2.05, 4.69) is 20.9 Å². The zero-order valence-electron chi connectivity index (χ0n) is 6.19. The second-order valence-corrected chi connectivity index (χ2v) is 2.80. The van der Waals surface area contributed by atoms with Crippen LogP contribution in [0, 0.1) is 11.3 Å². The van der Waals surface area contributed by atoms with Gasteiger partial charge in [0.25, 0.3) is 0 Å². The summed E-state index contributed by atoms with van der Waals surface area (Å²) in [6, 6.07) is 4.58. The predicted molar refractivity (Wildman–Crippen MR) is 50.9 cm³/mol. The van der Waals surface area contributed by atoms with Gasteiger partial charge in [-0.3, -0.25) is 0 Å². The van der Waals surface area contributed by atoms with Crippen molar-refractivity contribution in [1.82, 2.24) is 4.98 Å². The van der Waals surface area contributed by atoms with Crippen LogP contribution < -0.4 is 0 Å². The van der Waals surface area contributed by atoms with Gasteiger partial charge in [-0.05, 0) is 28.1 Å². The Morgan fingerprint density at radius 3 is 2.69 bits per heavy atom. The van der Waals surface area contributed by atoms with Crippen molar-refractivity contribution in [2.75, 3.05) is 0 Å². The molecule has 4 nitrogen and oxygen atoms in total. The fraction of sp³-hybridized carbons (Fsp3) is 0. The SMILES string of the molecule is Cl.N#Cc1nc(C(=O)O)ccc1Br. The first-order valence-corrected chi connectivity index (χ1v) is 3.74. The summed E-state index contributed by atoms with van der Waals surface area (Å²) in [4.78, 5) is 14.0. The van der Waals surface area contributed by atoms with Crippen LogP contribution in [0.25, 0.3) is 0 Å². The number of carboxylic acids is 1. The zero-order chi connectivity index (χ0) is 9.14. The summed E-state index contributed by atoms with van der Waals surface area (Å²) in [6.45, 7) is 0. The molecule has 0 aliphatic carbocycles. The first-order chi connectivity index (χ1) is 5.65. The van der Waals surface area contributed by atoms with Gasteiger partial charge in [-0.15, -0.1) is 12.4 Å². The lowest BCUT2D eigenvalue weighted by Crippen LogP contribution is -2.01. The highest BCUT2D eigenvalue weighted by Gasteiger charge is 2.07. The molecular weight excluding hydrogens is 259 g/mol. The van der Waals surface area contributed by atoms with Crippen molar-refractivity contribution in [3.63, 3.8) is 0 Å². The van der Waals surface area contributed by atoms with Crippen LogP contribution in [0.15, 0.2) is 16.6 Å². The molecule has 6 heteroatoms. The molecule has 1 aromatic rings. The number of nitrogens with zero attached hydrogens (tertiary/aromatic N) is 2. The molecule has 0 unspecified atom stereocenters. The Morgan fingerprint density at radius 1 is 1.62 bits per heavy atom. The molecule has 0 bridgehead atoms. The summed E-state index contributed by atoms with van der Waals surface area (Å²) in [5.74, 6) is -1.14. The lowest BCUT2D eigenvalue weighted by Gasteiger charge is -1.95. The van der Waals surface area contributed by atoms with Gasteiger partial charge in [0.05, 0.1) is 4.47 Å². The number of aromatic nitrogens is 1. The van der Waals surface area contributed by atoms with E-state index in [4.69, 9.17) is 10.4 Å². The van der Waals surface area contributed by atoms with Crippen molar-refractivity contribution in [1.29, 1.82) is 5.26 Å². The Labute approximate surface area is 88.7 Å². The topological polar surface area (TPSA) is 74.0 Å². The monoisotopic (exact) mass is 262 g/mol. The molecule has 0 spiro atoms. The molecule has 1 heterocycles. The van der Waals surface area contributed by atoms with E-state index in [1.54, 1.807) is 6.07 Å². The first kappa shape index (κ1) is 11.9. The maximum atomic E-state index is 10.4. The van der Waals surface area contributed by atoms with Crippen molar-refractivity contribution in [2.24, 2.45) is 0 Å². The van der Waals surface area contributed by atoms with E-state index in [9.17, 15) is 4.79 Å². The molecule has 0 fully saturated rings. The third-order valence-corrected chi connectivity index (χ3v) is 1.81. The third-order valence-electron chi connectivity index (χ3n) is 1.17. The van der Waals surface area contributed by atoms with Crippen LogP contribution in [0.5, 0.6) is 0 Å². The lowest BCUT2D eigenvalue weighted by atomic mass is 10.3. The summed E-state index contributed by atoms with van der Waals surface area (Å²) in [5.41, 5.74) is -0.0512. The summed E-state index contributed by atoms with van der Waals surface area (Å²) < 4.78 is 0.495. The Morgan fingerprint density at radius 2 is 2.23 bits per heavy atom. The second kappa shape index (κ2) is 4.80. The van der Waals surface area contributed by atoms with E-state index in [-0.39, 0.29) is 23.8 Å². The summed E-state index contributed by atoms with van der Waals surface area (Å²) in [5, 5.41) is 17.0. The number of nitriles is 1. The number of halogens is 2. The van der Waals surface area contributed by atoms with Crippen LogP contribution in [-0.4, -0.2) is 16.1 Å². The van der Waals surface area contributed by atoms with Gasteiger partial charge in [-0.25, -0.2) is 9.78 Å². The van der Waals surface area contributed by atoms with Crippen LogP contribution in [-0.2, 0) is 0 Å². The second-order valence-electron chi connectivity index (χ2n) is 1.94. The highest BCUT2D eigenvalue weighted by Crippen LogP contribution is 2.13. The minimum absolute atomic E-state index is 0. The van der Waals surface area contributed by atoms with E-state index in [0.717, 1.165) is 0 Å². The molecule has 1 aromatic heterocycles. The summed E-state index contributed by atoms with van der Waals surface area (Å²) >= 11 is 3.06. The molecule has 0 radical (unpaired) electrons. The summed E-state index contributed by atoms with van der Waals surface area (Å²) in [7, 11) is 0. The number of carboxylic acid groups (broad SMARTS) is 1. The third kappa shape index (κ3) is 2.68. The maximum absolute atomic E-state index is 10.4. The Hall–Kier alpha value is -1.12. The van der Waals surface area contributed by atoms with E-state index in [0.29, 0.717) is 4.47 Å². The predicted octanol–water partition coefficient (Wildman–Crippen LogP) is 1.84. The maximum Gasteiger partial charge on any atom is 0.354 e. The highest BCUT2D eigenvalue weighted by atomic mass is 79.9. The molecule has 0 aliphatic rings. The number of carbonyl (C=O) groups is 1. The fourth-order valence-electron chi connectivity index (χ4n) is 0.640. The molecule has 68 valence electrons. The number of rotatable bonds is 1. The van der Waals surface area contributed by atoms with Gasteiger partial charge in [-0.2, -0.15) is 5.26 Å². The quantitative estimate of drug-likeness (QED) is 0.839. The molecule has 13 heavy (non-hydrogen) atoms. The molecule has 1 N–H and O–H groups in total. The average Bonchev–Trinajstić information content (AvgIpc) is 2.05. The average molecular weight is 263 g/mol. The lowest BCUT2D eigenvalue weighted by molar-refractivity contribution is 0.0690. The van der Waals surface area contributed by atoms with Crippen LogP contribution in [0.2, 0.25) is 0 Å². The number of aromatic carboxylic acids is 1. The Bertz CT molecular complexity index is 375. The van der Waals surface area contributed by atoms with E-state index in [1.807, 2.05) is 0 Å². The molecule has 0 aromatic carbocycles. The van der Waals surface area contributed by atoms with Crippen molar-refractivity contribution >= 4 is 34.3 Å². The van der Waals surface area contributed by atoms with Gasteiger partial charge in [0, 0.05) is 0 Å². The number of hydrogen-bond donors (Lipinski definition) is 1. The molecule has 0 saturated heterocycles. The van der Waals surface area contributed by atoms with Gasteiger partial charge in [0.15, 0.2) is 5.69 Å². The van der Waals surface area contributed by atoms with Crippen LogP contribution >= 0.6 is 28.3 Å². The Balaban J connectivity index is 0.00000144. The van der Waals surface area contributed by atoms with Gasteiger partial charge in [0.2, 0.25) is 0 Å². The fourth-order valence-corrected chi connectivity index (χ4v) is 0.949. The standard InChI is InChI=1S/C7H3BrN2O2.ClH/c8-4-1-2-5(7(11)12)10-6(4)3-9;/h1-2H,(H,11,12);1H. The smallest absolute Gasteiger partial charge is 0.354 e. The van der Waals surface area contributed by atoms with Crippen LogP contribution in [0.3, 0.4) is 0 Å². The van der Waals surface area contributed by atoms with Gasteiger partial charge in [-0.1, -0.05) is 0 Å². The van der Waals surface area contributed by atoms with Crippen LogP contribution in [0.4, 0.5) is 0 Å². The normalized spacial score (nSPS) is 8.31. The zero-order valence-corrected chi connectivity index (χ0v) is 8.59. The minimum Gasteiger partial charge on any atom is -0.477 e. The van der Waals surface area contributed by atoms with Crippen molar-refractivity contribution < 1.29 is 9.90 Å². The molecule has 0 amide bonds. The summed E-state index contributed by atoms with van der Waals surface area (Å²) in [6.07, 6.45) is 0. The first-order valence-electron chi connectivity index (χ1n) is 2.95. The molecule has 0 saturated carbocycles. The molecule has 1 rings (SSSR count). The van der Waals surface area contributed by atoms with Crippen molar-refractivity contribution in [3.05, 3.63) is 28.0 Å².